The first-order valence-electron chi connectivity index (χ1n) is 7.01. The third-order valence-electron chi connectivity index (χ3n) is 2.90. The van der Waals surface area contributed by atoms with Gasteiger partial charge in [-0.15, -0.1) is 0 Å². The van der Waals surface area contributed by atoms with Crippen LogP contribution in [0.15, 0.2) is 30.6 Å². The Morgan fingerprint density at radius 1 is 1.05 bits per heavy atom. The number of nitrogens with one attached hydrogen (secondary N) is 1. The van der Waals surface area contributed by atoms with Crippen molar-refractivity contribution >= 4 is 23.1 Å². The molecular weight excluding hydrogens is 286 g/mol. The zero-order chi connectivity index (χ0) is 15.4. The Bertz CT molecular complexity index is 597. The predicted octanol–water partition coefficient (Wildman–Crippen LogP) is 4.78. The molecule has 21 heavy (non-hydrogen) atoms. The lowest BCUT2D eigenvalue weighted by Gasteiger charge is -2.15. The van der Waals surface area contributed by atoms with Crippen molar-refractivity contribution in [2.24, 2.45) is 0 Å². The quantitative estimate of drug-likeness (QED) is 0.807. The van der Waals surface area contributed by atoms with Gasteiger partial charge < -0.3 is 10.1 Å². The Balaban J connectivity index is 2.20. The van der Waals surface area contributed by atoms with E-state index in [2.05, 4.69) is 29.1 Å². The fourth-order valence-electron chi connectivity index (χ4n) is 2.01. The van der Waals surface area contributed by atoms with E-state index in [0.717, 1.165) is 22.8 Å². The summed E-state index contributed by atoms with van der Waals surface area (Å²) in [5.41, 5.74) is 1.85. The largest absolute Gasteiger partial charge is 0.491 e. The summed E-state index contributed by atoms with van der Waals surface area (Å²) in [6.45, 7) is 8.14. The van der Waals surface area contributed by atoms with Crippen LogP contribution in [0.25, 0.3) is 0 Å². The molecule has 0 radical (unpaired) electrons. The lowest BCUT2D eigenvalue weighted by atomic mass is 10.1. The van der Waals surface area contributed by atoms with E-state index in [1.165, 1.54) is 6.33 Å². The normalized spacial score (nSPS) is 11.0. The molecule has 2 rings (SSSR count). The first kappa shape index (κ1) is 15.6. The van der Waals surface area contributed by atoms with Crippen molar-refractivity contribution in [1.29, 1.82) is 0 Å². The molecule has 0 bridgehead atoms. The van der Waals surface area contributed by atoms with Gasteiger partial charge in [0, 0.05) is 11.3 Å². The fourth-order valence-corrected chi connectivity index (χ4v) is 2.36. The van der Waals surface area contributed by atoms with Crippen LogP contribution in [-0.4, -0.2) is 16.1 Å². The summed E-state index contributed by atoms with van der Waals surface area (Å²) in [5, 5.41) is 3.77. The monoisotopic (exact) mass is 305 g/mol. The van der Waals surface area contributed by atoms with Crippen molar-refractivity contribution in [2.45, 2.75) is 39.7 Å². The third-order valence-corrected chi connectivity index (χ3v) is 3.20. The molecule has 1 N–H and O–H groups in total. The molecule has 2 aromatic rings. The minimum atomic E-state index is 0.164. The van der Waals surface area contributed by atoms with Gasteiger partial charge in [-0.1, -0.05) is 25.4 Å². The van der Waals surface area contributed by atoms with Gasteiger partial charge in [-0.2, -0.15) is 0 Å². The Morgan fingerprint density at radius 2 is 1.71 bits per heavy atom. The highest BCUT2D eigenvalue weighted by Crippen LogP contribution is 2.30. The second-order valence-corrected chi connectivity index (χ2v) is 5.76. The van der Waals surface area contributed by atoms with Crippen LogP contribution >= 0.6 is 11.6 Å². The van der Waals surface area contributed by atoms with Crippen LogP contribution in [0.1, 0.15) is 39.2 Å². The van der Waals surface area contributed by atoms with E-state index in [1.807, 2.05) is 38.1 Å². The van der Waals surface area contributed by atoms with Gasteiger partial charge in [-0.25, -0.2) is 9.97 Å². The van der Waals surface area contributed by atoms with Crippen molar-refractivity contribution in [3.63, 3.8) is 0 Å². The van der Waals surface area contributed by atoms with Gasteiger partial charge in [0.05, 0.1) is 6.10 Å². The van der Waals surface area contributed by atoms with E-state index >= 15 is 0 Å². The molecule has 112 valence electrons. The highest BCUT2D eigenvalue weighted by Gasteiger charge is 2.13. The Hall–Kier alpha value is -1.81. The molecule has 1 aromatic heterocycles. The molecule has 0 aliphatic rings. The van der Waals surface area contributed by atoms with Gasteiger partial charge >= 0.3 is 0 Å². The van der Waals surface area contributed by atoms with E-state index in [9.17, 15) is 0 Å². The van der Waals surface area contributed by atoms with Crippen LogP contribution in [-0.2, 0) is 0 Å². The van der Waals surface area contributed by atoms with Gasteiger partial charge in [0.25, 0.3) is 0 Å². The van der Waals surface area contributed by atoms with Gasteiger partial charge in [-0.3, -0.25) is 0 Å². The summed E-state index contributed by atoms with van der Waals surface area (Å²) in [7, 11) is 0. The fraction of sp³-hybridized carbons (Fsp3) is 0.375. The first-order chi connectivity index (χ1) is 9.97. The number of ether oxygens (including phenoxy) is 1. The van der Waals surface area contributed by atoms with Gasteiger partial charge in [0.2, 0.25) is 0 Å². The summed E-state index contributed by atoms with van der Waals surface area (Å²) in [5.74, 6) is 1.83. The van der Waals surface area contributed by atoms with Crippen LogP contribution in [0.2, 0.25) is 5.15 Å². The topological polar surface area (TPSA) is 47.0 Å². The number of hydrogen-bond acceptors (Lipinski definition) is 4. The summed E-state index contributed by atoms with van der Waals surface area (Å²) >= 11 is 6.16. The van der Waals surface area contributed by atoms with Gasteiger partial charge in [0.1, 0.15) is 23.0 Å². The first-order valence-corrected chi connectivity index (χ1v) is 7.39. The molecule has 0 unspecified atom stereocenters. The second kappa shape index (κ2) is 6.76. The predicted molar refractivity (Wildman–Crippen MR) is 86.6 cm³/mol. The van der Waals surface area contributed by atoms with Crippen molar-refractivity contribution < 1.29 is 4.74 Å². The van der Waals surface area contributed by atoms with Crippen molar-refractivity contribution in [3.8, 4) is 5.75 Å². The number of benzene rings is 1. The smallest absolute Gasteiger partial charge is 0.138 e. The zero-order valence-corrected chi connectivity index (χ0v) is 13.5. The van der Waals surface area contributed by atoms with E-state index < -0.39 is 0 Å². The van der Waals surface area contributed by atoms with Crippen molar-refractivity contribution in [1.82, 2.24) is 9.97 Å². The number of halogens is 1. The average molecular weight is 306 g/mol. The molecule has 4 nitrogen and oxygen atoms in total. The molecule has 1 aromatic carbocycles. The molecule has 0 amide bonds. The van der Waals surface area contributed by atoms with E-state index in [-0.39, 0.29) is 12.0 Å². The standard InChI is InChI=1S/C16H20ClN3O/c1-10(2)14-15(17)18-9-19-16(14)20-12-5-7-13(8-6-12)21-11(3)4/h5-11H,1-4H3,(H,18,19,20). The van der Waals surface area contributed by atoms with Crippen LogP contribution in [0.4, 0.5) is 11.5 Å². The Kier molecular flexibility index (Phi) is 5.02. The van der Waals surface area contributed by atoms with E-state index in [1.54, 1.807) is 0 Å². The summed E-state index contributed by atoms with van der Waals surface area (Å²) in [4.78, 5) is 8.33. The molecular formula is C16H20ClN3O. The minimum Gasteiger partial charge on any atom is -0.491 e. The maximum atomic E-state index is 6.16. The number of rotatable bonds is 5. The van der Waals surface area contributed by atoms with Crippen LogP contribution in [0, 0.1) is 0 Å². The summed E-state index contributed by atoms with van der Waals surface area (Å²) in [6.07, 6.45) is 1.63. The van der Waals surface area contributed by atoms with Crippen molar-refractivity contribution in [3.05, 3.63) is 41.3 Å². The Morgan fingerprint density at radius 3 is 2.29 bits per heavy atom. The Labute approximate surface area is 130 Å². The molecule has 0 saturated heterocycles. The summed E-state index contributed by atoms with van der Waals surface area (Å²) in [6, 6.07) is 7.77. The average Bonchev–Trinajstić information content (AvgIpc) is 2.40. The molecule has 1 heterocycles. The van der Waals surface area contributed by atoms with Gasteiger partial charge in [0.15, 0.2) is 0 Å². The maximum absolute atomic E-state index is 6.16. The lowest BCUT2D eigenvalue weighted by molar-refractivity contribution is 0.242. The van der Waals surface area contributed by atoms with Crippen LogP contribution in [0.5, 0.6) is 5.75 Å². The summed E-state index contributed by atoms with van der Waals surface area (Å²) < 4.78 is 5.63. The zero-order valence-electron chi connectivity index (χ0n) is 12.7. The van der Waals surface area contributed by atoms with Crippen LogP contribution in [0.3, 0.4) is 0 Å². The lowest BCUT2D eigenvalue weighted by Crippen LogP contribution is -2.05. The van der Waals surface area contributed by atoms with E-state index in [0.29, 0.717) is 5.15 Å². The third kappa shape index (κ3) is 4.08. The molecule has 5 heteroatoms. The highest BCUT2D eigenvalue weighted by molar-refractivity contribution is 6.30. The molecule has 0 fully saturated rings. The minimum absolute atomic E-state index is 0.164. The number of anilines is 2. The maximum Gasteiger partial charge on any atom is 0.138 e. The SMILES string of the molecule is CC(C)Oc1ccc(Nc2ncnc(Cl)c2C(C)C)cc1. The molecule has 0 saturated carbocycles. The second-order valence-electron chi connectivity index (χ2n) is 5.40. The van der Waals surface area contributed by atoms with Crippen molar-refractivity contribution in [2.75, 3.05) is 5.32 Å². The molecule has 0 aliphatic carbocycles. The highest BCUT2D eigenvalue weighted by atomic mass is 35.5. The molecule has 0 spiro atoms. The molecule has 0 aliphatic heterocycles. The number of hydrogen-bond donors (Lipinski definition) is 1. The number of aromatic nitrogens is 2. The van der Waals surface area contributed by atoms with Crippen LogP contribution < -0.4 is 10.1 Å². The van der Waals surface area contributed by atoms with Gasteiger partial charge in [-0.05, 0) is 44.0 Å². The van der Waals surface area contributed by atoms with E-state index in [4.69, 9.17) is 16.3 Å². The number of nitrogens with zero attached hydrogens (tertiary/aromatic N) is 2. The molecule has 0 atom stereocenters.